The SMILES string of the molecule is CC(O)(P(=O)([O-])[O-])P(=O)([O-])[O-].O.O.O.O.[Mn+2]. The standard InChI is InChI=1S/C2H8O7P2.Mn.4H2O/c1-2(3,10(4,5)6)11(7,8)9;;;;;/h3H,1H3,(H2,4,5,6)(H2,7,8,9);;4*1H2/q;+2;;;;/p-4. The first kappa shape index (κ1) is 36.0. The topological polar surface area (TPSA) is 273 Å². The van der Waals surface area contributed by atoms with Gasteiger partial charge >= 0.3 is 17.1 Å². The van der Waals surface area contributed by atoms with E-state index in [4.69, 9.17) is 5.11 Å². The van der Waals surface area contributed by atoms with E-state index in [1.54, 1.807) is 0 Å². The van der Waals surface area contributed by atoms with Crippen LogP contribution in [0.15, 0.2) is 0 Å². The Hall–Kier alpha value is 0.619. The van der Waals surface area contributed by atoms with Crippen molar-refractivity contribution in [2.24, 2.45) is 0 Å². The molecule has 16 heavy (non-hydrogen) atoms. The van der Waals surface area contributed by atoms with Crippen molar-refractivity contribution in [3.05, 3.63) is 0 Å². The van der Waals surface area contributed by atoms with Crippen molar-refractivity contribution in [1.82, 2.24) is 0 Å². The second-order valence-electron chi connectivity index (χ2n) is 1.97. The van der Waals surface area contributed by atoms with Crippen LogP contribution in [0.25, 0.3) is 0 Å². The van der Waals surface area contributed by atoms with Crippen molar-refractivity contribution in [3.8, 4) is 0 Å². The van der Waals surface area contributed by atoms with Gasteiger partial charge in [0.05, 0.1) is 0 Å². The molecule has 0 unspecified atom stereocenters. The van der Waals surface area contributed by atoms with Crippen molar-refractivity contribution < 1.29 is 72.8 Å². The van der Waals surface area contributed by atoms with Crippen LogP contribution in [-0.2, 0) is 26.2 Å². The first-order chi connectivity index (χ1) is 4.50. The minimum Gasteiger partial charge on any atom is -0.808 e. The Bertz CT molecular complexity index is 214. The third kappa shape index (κ3) is 7.82. The smallest absolute Gasteiger partial charge is 0.808 e. The molecule has 0 saturated heterocycles. The number of aliphatic hydroxyl groups is 1. The van der Waals surface area contributed by atoms with Crippen LogP contribution in [0.2, 0.25) is 0 Å². The van der Waals surface area contributed by atoms with Gasteiger partial charge in [-0.3, -0.25) is 0 Å². The fourth-order valence-corrected chi connectivity index (χ4v) is 1.35. The third-order valence-electron chi connectivity index (χ3n) is 1.04. The van der Waals surface area contributed by atoms with Crippen LogP contribution in [0.3, 0.4) is 0 Å². The molecule has 0 spiro atoms. The second-order valence-corrected chi connectivity index (χ2v) is 6.05. The summed E-state index contributed by atoms with van der Waals surface area (Å²) in [4.78, 5) is 39.8. The van der Waals surface area contributed by atoms with Crippen LogP contribution in [0.5, 0.6) is 0 Å². The van der Waals surface area contributed by atoms with Gasteiger partial charge in [-0.2, -0.15) is 0 Å². The van der Waals surface area contributed by atoms with Crippen molar-refractivity contribution in [3.63, 3.8) is 0 Å². The average molecular weight is 329 g/mol. The number of rotatable bonds is 2. The van der Waals surface area contributed by atoms with Crippen molar-refractivity contribution in [2.75, 3.05) is 0 Å². The van der Waals surface area contributed by atoms with E-state index in [1.807, 2.05) is 0 Å². The van der Waals surface area contributed by atoms with E-state index in [9.17, 15) is 28.7 Å². The van der Waals surface area contributed by atoms with E-state index >= 15 is 0 Å². The summed E-state index contributed by atoms with van der Waals surface area (Å²) >= 11 is 0. The molecule has 0 aromatic heterocycles. The maximum absolute atomic E-state index is 9.95. The van der Waals surface area contributed by atoms with Crippen molar-refractivity contribution >= 4 is 15.2 Å². The van der Waals surface area contributed by atoms with E-state index in [2.05, 4.69) is 0 Å². The van der Waals surface area contributed by atoms with Gasteiger partial charge in [-0.1, -0.05) is 0 Å². The van der Waals surface area contributed by atoms with Gasteiger partial charge in [0.15, 0.2) is 0 Å². The van der Waals surface area contributed by atoms with E-state index in [1.165, 1.54) is 0 Å². The van der Waals surface area contributed by atoms with Gasteiger partial charge in [0.1, 0.15) is 5.08 Å². The fourth-order valence-electron chi connectivity index (χ4n) is 0.150. The molecule has 0 amide bonds. The molecule has 9 N–H and O–H groups in total. The monoisotopic (exact) mass is 329 g/mol. The Kier molecular flexibility index (Phi) is 21.6. The summed E-state index contributed by atoms with van der Waals surface area (Å²) in [5.41, 5.74) is 0. The van der Waals surface area contributed by atoms with Crippen LogP contribution < -0.4 is 19.6 Å². The zero-order valence-corrected chi connectivity index (χ0v) is 10.6. The van der Waals surface area contributed by atoms with Crippen LogP contribution in [0.4, 0.5) is 0 Å². The predicted molar refractivity (Wildman–Crippen MR) is 40.3 cm³/mol. The number of hydrogen-bond acceptors (Lipinski definition) is 7. The maximum Gasteiger partial charge on any atom is 2.00 e. The summed E-state index contributed by atoms with van der Waals surface area (Å²) in [6, 6.07) is 0. The van der Waals surface area contributed by atoms with E-state index in [0.29, 0.717) is 0 Å². The molecule has 0 heterocycles. The molecule has 14 heteroatoms. The van der Waals surface area contributed by atoms with Gasteiger partial charge in [0.25, 0.3) is 0 Å². The van der Waals surface area contributed by atoms with Crippen LogP contribution in [-0.4, -0.2) is 32.1 Å². The van der Waals surface area contributed by atoms with Crippen molar-refractivity contribution in [1.29, 1.82) is 0 Å². The molecule has 105 valence electrons. The Morgan fingerprint density at radius 2 is 1.00 bits per heavy atom. The predicted octanol–water partition coefficient (Wildman–Crippen LogP) is -6.82. The summed E-state index contributed by atoms with van der Waals surface area (Å²) in [5.74, 6) is 0. The van der Waals surface area contributed by atoms with Gasteiger partial charge in [-0.05, 0) is 22.1 Å². The largest absolute Gasteiger partial charge is 2.00 e. The summed E-state index contributed by atoms with van der Waals surface area (Å²) in [7, 11) is -11.6. The van der Waals surface area contributed by atoms with Gasteiger partial charge in [-0.25, -0.2) is 0 Å². The minimum atomic E-state index is -5.82. The van der Waals surface area contributed by atoms with Gasteiger partial charge in [-0.15, -0.1) is 0 Å². The fraction of sp³-hybridized carbons (Fsp3) is 1.00. The van der Waals surface area contributed by atoms with Crippen LogP contribution in [0, 0.1) is 0 Å². The summed E-state index contributed by atoms with van der Waals surface area (Å²) in [6.07, 6.45) is 0. The molecule has 0 rings (SSSR count). The summed E-state index contributed by atoms with van der Waals surface area (Å²) < 4.78 is 19.9. The first-order valence-electron chi connectivity index (χ1n) is 2.27. The van der Waals surface area contributed by atoms with Crippen molar-refractivity contribution in [2.45, 2.75) is 12.0 Å². The minimum absolute atomic E-state index is 0. The molecule has 0 atom stereocenters. The Labute approximate surface area is 101 Å². The molecule has 11 nitrogen and oxygen atoms in total. The quantitative estimate of drug-likeness (QED) is 0.377. The molecular formula is C2H12MnO11P2-2. The molecule has 0 aromatic rings. The third-order valence-corrected chi connectivity index (χ3v) is 4.58. The zero-order valence-electron chi connectivity index (χ0n) is 7.67. The van der Waals surface area contributed by atoms with E-state index in [-0.39, 0.29) is 45.9 Å². The Balaban J connectivity index is -0.0000000500. The van der Waals surface area contributed by atoms with Crippen LogP contribution >= 0.6 is 15.2 Å². The summed E-state index contributed by atoms with van der Waals surface area (Å²) in [5, 5.41) is 4.68. The molecule has 0 aromatic carbocycles. The second kappa shape index (κ2) is 9.63. The molecule has 0 aliphatic carbocycles. The van der Waals surface area contributed by atoms with Gasteiger partial charge in [0.2, 0.25) is 0 Å². The summed E-state index contributed by atoms with van der Waals surface area (Å²) in [6.45, 7) is 0.133. The average Bonchev–Trinajstić information content (AvgIpc) is 1.58. The Morgan fingerprint density at radius 3 is 1.00 bits per heavy atom. The normalized spacial score (nSPS) is 10.4. The maximum atomic E-state index is 9.95. The first-order valence-corrected chi connectivity index (χ1v) is 5.35. The molecule has 0 aliphatic heterocycles. The molecule has 0 saturated carbocycles. The molecule has 0 aliphatic rings. The molecule has 0 fully saturated rings. The van der Waals surface area contributed by atoms with E-state index < -0.39 is 20.3 Å². The Morgan fingerprint density at radius 1 is 0.875 bits per heavy atom. The van der Waals surface area contributed by atoms with Gasteiger partial charge < -0.3 is 55.7 Å². The number of hydrogen-bond donors (Lipinski definition) is 1. The van der Waals surface area contributed by atoms with E-state index in [0.717, 1.165) is 0 Å². The zero-order chi connectivity index (χ0) is 9.50. The van der Waals surface area contributed by atoms with Crippen LogP contribution in [0.1, 0.15) is 6.92 Å². The molecular weight excluding hydrogens is 317 g/mol. The van der Waals surface area contributed by atoms with Gasteiger partial charge in [0, 0.05) is 0 Å². The molecule has 0 bridgehead atoms. The molecule has 1 radical (unpaired) electrons.